The van der Waals surface area contributed by atoms with Crippen LogP contribution < -0.4 is 0 Å². The molecule has 0 saturated heterocycles. The Morgan fingerprint density at radius 1 is 1.53 bits per heavy atom. The van der Waals surface area contributed by atoms with Crippen LogP contribution in [-0.4, -0.2) is 18.4 Å². The van der Waals surface area contributed by atoms with Gasteiger partial charge in [-0.25, -0.2) is 4.79 Å². The minimum Gasteiger partial charge on any atom is -0.462 e. The number of carbonyl (C=O) groups excluding carboxylic acids is 2. The van der Waals surface area contributed by atoms with Crippen molar-refractivity contribution in [3.63, 3.8) is 0 Å². The maximum Gasteiger partial charge on any atom is 0.341 e. The van der Waals surface area contributed by atoms with E-state index in [0.717, 1.165) is 24.8 Å². The van der Waals surface area contributed by atoms with Crippen LogP contribution in [0.5, 0.6) is 0 Å². The lowest BCUT2D eigenvalue weighted by atomic mass is 10.0. The van der Waals surface area contributed by atoms with Crippen molar-refractivity contribution in [1.82, 2.24) is 0 Å². The maximum atomic E-state index is 11.9. The fraction of sp³-hybridized carbons (Fsp3) is 0.500. The number of rotatable bonds is 4. The SMILES string of the molecule is C/C=C(\C(=O)OCC)C(=O)C1=CCCC1. The van der Waals surface area contributed by atoms with E-state index < -0.39 is 5.97 Å². The van der Waals surface area contributed by atoms with E-state index in [4.69, 9.17) is 4.74 Å². The third-order valence-corrected chi connectivity index (χ3v) is 2.36. The van der Waals surface area contributed by atoms with Crippen molar-refractivity contribution in [3.8, 4) is 0 Å². The monoisotopic (exact) mass is 208 g/mol. The molecule has 1 rings (SSSR count). The van der Waals surface area contributed by atoms with Crippen LogP contribution in [0.2, 0.25) is 0 Å². The Labute approximate surface area is 89.8 Å². The summed E-state index contributed by atoms with van der Waals surface area (Å²) >= 11 is 0. The van der Waals surface area contributed by atoms with Gasteiger partial charge in [-0.3, -0.25) is 4.79 Å². The molecule has 0 unspecified atom stereocenters. The molecule has 3 heteroatoms. The van der Waals surface area contributed by atoms with Gasteiger partial charge in [0.15, 0.2) is 5.78 Å². The van der Waals surface area contributed by atoms with Crippen molar-refractivity contribution in [2.45, 2.75) is 33.1 Å². The second kappa shape index (κ2) is 5.49. The van der Waals surface area contributed by atoms with Gasteiger partial charge in [-0.2, -0.15) is 0 Å². The number of ether oxygens (including phenoxy) is 1. The second-order valence-electron chi connectivity index (χ2n) is 3.37. The zero-order valence-electron chi connectivity index (χ0n) is 9.21. The molecule has 0 saturated carbocycles. The number of ketones is 1. The van der Waals surface area contributed by atoms with E-state index in [2.05, 4.69) is 0 Å². The zero-order chi connectivity index (χ0) is 11.3. The van der Waals surface area contributed by atoms with Crippen molar-refractivity contribution in [1.29, 1.82) is 0 Å². The predicted octanol–water partition coefficient (Wildman–Crippen LogP) is 2.18. The second-order valence-corrected chi connectivity index (χ2v) is 3.37. The van der Waals surface area contributed by atoms with Crippen LogP contribution in [0.4, 0.5) is 0 Å². The Bertz CT molecular complexity index is 324. The molecule has 0 fully saturated rings. The molecule has 0 bridgehead atoms. The molecule has 1 aliphatic rings. The van der Waals surface area contributed by atoms with Gasteiger partial charge in [-0.1, -0.05) is 12.2 Å². The number of hydrogen-bond acceptors (Lipinski definition) is 3. The van der Waals surface area contributed by atoms with E-state index in [0.29, 0.717) is 6.61 Å². The highest BCUT2D eigenvalue weighted by atomic mass is 16.5. The lowest BCUT2D eigenvalue weighted by Crippen LogP contribution is -2.16. The molecule has 3 nitrogen and oxygen atoms in total. The highest BCUT2D eigenvalue weighted by Gasteiger charge is 2.23. The van der Waals surface area contributed by atoms with E-state index in [-0.39, 0.29) is 11.4 Å². The molecule has 0 atom stereocenters. The minimum absolute atomic E-state index is 0.157. The summed E-state index contributed by atoms with van der Waals surface area (Å²) in [6.07, 6.45) is 6.14. The average Bonchev–Trinajstić information content (AvgIpc) is 2.71. The summed E-state index contributed by atoms with van der Waals surface area (Å²) in [5.41, 5.74) is 0.904. The highest BCUT2D eigenvalue weighted by molar-refractivity contribution is 6.23. The van der Waals surface area contributed by atoms with Crippen molar-refractivity contribution in [2.24, 2.45) is 0 Å². The molecule has 1 aliphatic carbocycles. The van der Waals surface area contributed by atoms with Gasteiger partial charge in [0.25, 0.3) is 0 Å². The quantitative estimate of drug-likeness (QED) is 0.308. The number of Topliss-reactive ketones (excluding diaryl/α,β-unsaturated/α-hetero) is 1. The summed E-state index contributed by atoms with van der Waals surface area (Å²) in [6, 6.07) is 0. The summed E-state index contributed by atoms with van der Waals surface area (Å²) in [6.45, 7) is 3.70. The van der Waals surface area contributed by atoms with Gasteiger partial charge in [0.2, 0.25) is 0 Å². The number of hydrogen-bond donors (Lipinski definition) is 0. The Hall–Kier alpha value is -1.38. The van der Waals surface area contributed by atoms with Crippen LogP contribution >= 0.6 is 0 Å². The predicted molar refractivity (Wildman–Crippen MR) is 57.3 cm³/mol. The van der Waals surface area contributed by atoms with E-state index in [9.17, 15) is 9.59 Å². The molecular formula is C12H16O3. The Morgan fingerprint density at radius 2 is 2.27 bits per heavy atom. The fourth-order valence-electron chi connectivity index (χ4n) is 1.60. The summed E-state index contributed by atoms with van der Waals surface area (Å²) in [7, 11) is 0. The third kappa shape index (κ3) is 2.78. The van der Waals surface area contributed by atoms with Crippen LogP contribution in [0.15, 0.2) is 23.3 Å². The Balaban J connectivity index is 2.75. The van der Waals surface area contributed by atoms with Gasteiger partial charge in [0.1, 0.15) is 5.57 Å². The Kier molecular flexibility index (Phi) is 4.28. The van der Waals surface area contributed by atoms with Gasteiger partial charge >= 0.3 is 5.97 Å². The van der Waals surface area contributed by atoms with Gasteiger partial charge in [0, 0.05) is 0 Å². The topological polar surface area (TPSA) is 43.4 Å². The van der Waals surface area contributed by atoms with E-state index in [1.165, 1.54) is 6.08 Å². The highest BCUT2D eigenvalue weighted by Crippen LogP contribution is 2.21. The molecule has 0 aromatic carbocycles. The molecule has 0 aromatic heterocycles. The first-order valence-corrected chi connectivity index (χ1v) is 5.27. The van der Waals surface area contributed by atoms with Crippen molar-refractivity contribution < 1.29 is 14.3 Å². The first kappa shape index (κ1) is 11.7. The normalized spacial score (nSPS) is 16.1. The standard InChI is InChI=1S/C12H16O3/c1-3-10(12(14)15-4-2)11(13)9-7-5-6-8-9/h3,7H,4-6,8H2,1-2H3/b10-3-. The molecule has 0 amide bonds. The zero-order valence-corrected chi connectivity index (χ0v) is 9.21. The Morgan fingerprint density at radius 3 is 2.73 bits per heavy atom. The van der Waals surface area contributed by atoms with Gasteiger partial charge in [0.05, 0.1) is 6.61 Å². The first-order valence-electron chi connectivity index (χ1n) is 5.27. The molecule has 0 radical (unpaired) electrons. The van der Waals surface area contributed by atoms with Crippen molar-refractivity contribution >= 4 is 11.8 Å². The van der Waals surface area contributed by atoms with Crippen LogP contribution in [0.3, 0.4) is 0 Å². The van der Waals surface area contributed by atoms with Crippen LogP contribution in [0.1, 0.15) is 33.1 Å². The van der Waals surface area contributed by atoms with Gasteiger partial charge in [-0.05, 0) is 38.7 Å². The number of allylic oxidation sites excluding steroid dienone is 3. The van der Waals surface area contributed by atoms with Crippen LogP contribution in [0, 0.1) is 0 Å². The molecule has 15 heavy (non-hydrogen) atoms. The summed E-state index contributed by atoms with van der Waals surface area (Å²) in [5, 5.41) is 0. The minimum atomic E-state index is -0.516. The van der Waals surface area contributed by atoms with E-state index in [1.807, 2.05) is 6.08 Å². The smallest absolute Gasteiger partial charge is 0.341 e. The molecule has 82 valence electrons. The van der Waals surface area contributed by atoms with Gasteiger partial charge in [-0.15, -0.1) is 0 Å². The van der Waals surface area contributed by atoms with Crippen LogP contribution in [-0.2, 0) is 14.3 Å². The van der Waals surface area contributed by atoms with Crippen molar-refractivity contribution in [3.05, 3.63) is 23.3 Å². The molecular weight excluding hydrogens is 192 g/mol. The molecule has 0 N–H and O–H groups in total. The van der Waals surface area contributed by atoms with E-state index in [1.54, 1.807) is 13.8 Å². The lowest BCUT2D eigenvalue weighted by Gasteiger charge is -2.05. The van der Waals surface area contributed by atoms with Crippen molar-refractivity contribution in [2.75, 3.05) is 6.61 Å². The van der Waals surface area contributed by atoms with Gasteiger partial charge < -0.3 is 4.74 Å². The molecule has 0 spiro atoms. The average molecular weight is 208 g/mol. The molecule has 0 heterocycles. The fourth-order valence-corrected chi connectivity index (χ4v) is 1.60. The maximum absolute atomic E-state index is 11.9. The summed E-state index contributed by atoms with van der Waals surface area (Å²) in [5.74, 6) is -0.689. The number of esters is 1. The third-order valence-electron chi connectivity index (χ3n) is 2.36. The first-order chi connectivity index (χ1) is 7.20. The lowest BCUT2D eigenvalue weighted by molar-refractivity contribution is -0.139. The van der Waals surface area contributed by atoms with Crippen LogP contribution in [0.25, 0.3) is 0 Å². The molecule has 0 aromatic rings. The summed E-state index contributed by atoms with van der Waals surface area (Å²) < 4.78 is 4.82. The number of carbonyl (C=O) groups is 2. The largest absolute Gasteiger partial charge is 0.462 e. The van der Waals surface area contributed by atoms with E-state index >= 15 is 0 Å². The summed E-state index contributed by atoms with van der Waals surface area (Å²) in [4.78, 5) is 23.3. The molecule has 0 aliphatic heterocycles.